The topological polar surface area (TPSA) is 0 Å². The van der Waals surface area contributed by atoms with Gasteiger partial charge in [-0.2, -0.15) is 0 Å². The molecular formula is C16H20BrF3. The maximum Gasteiger partial charge on any atom is 0.133 e. The molecule has 0 nitrogen and oxygen atoms in total. The monoisotopic (exact) mass is 348 g/mol. The minimum atomic E-state index is -0.868. The molecule has 1 unspecified atom stereocenters. The van der Waals surface area contributed by atoms with E-state index in [0.717, 1.165) is 44.2 Å². The molecule has 0 saturated heterocycles. The molecule has 0 aromatic heterocycles. The number of benzene rings is 1. The first kappa shape index (κ1) is 15.9. The third-order valence-electron chi connectivity index (χ3n) is 4.25. The molecule has 0 amide bonds. The second-order valence-electron chi connectivity index (χ2n) is 6.31. The van der Waals surface area contributed by atoms with Gasteiger partial charge in [-0.25, -0.2) is 13.2 Å². The maximum atomic E-state index is 14.0. The predicted molar refractivity (Wildman–Crippen MR) is 78.3 cm³/mol. The van der Waals surface area contributed by atoms with Crippen LogP contribution in [0.25, 0.3) is 0 Å². The Balaban J connectivity index is 2.40. The quantitative estimate of drug-likeness (QED) is 0.572. The van der Waals surface area contributed by atoms with Crippen LogP contribution < -0.4 is 0 Å². The summed E-state index contributed by atoms with van der Waals surface area (Å²) in [6.07, 6.45) is 4.99. The van der Waals surface area contributed by atoms with Gasteiger partial charge in [-0.3, -0.25) is 0 Å². The van der Waals surface area contributed by atoms with E-state index in [0.29, 0.717) is 5.92 Å². The largest absolute Gasteiger partial charge is 0.207 e. The van der Waals surface area contributed by atoms with E-state index in [1.165, 1.54) is 0 Å². The van der Waals surface area contributed by atoms with Crippen molar-refractivity contribution in [2.24, 2.45) is 11.3 Å². The van der Waals surface area contributed by atoms with E-state index in [4.69, 9.17) is 0 Å². The Morgan fingerprint density at radius 2 is 1.60 bits per heavy atom. The predicted octanol–water partition coefficient (Wildman–Crippen LogP) is 6.15. The molecule has 0 spiro atoms. The molecule has 1 atom stereocenters. The van der Waals surface area contributed by atoms with Gasteiger partial charge in [0.2, 0.25) is 0 Å². The first-order chi connectivity index (χ1) is 9.35. The normalized spacial score (nSPS) is 19.6. The van der Waals surface area contributed by atoms with Crippen LogP contribution in [-0.2, 0) is 0 Å². The first-order valence-electron chi connectivity index (χ1n) is 7.14. The van der Waals surface area contributed by atoms with Gasteiger partial charge in [-0.1, -0.05) is 42.6 Å². The molecule has 0 aliphatic heterocycles. The lowest BCUT2D eigenvalue weighted by atomic mass is 9.74. The molecule has 1 aliphatic rings. The summed E-state index contributed by atoms with van der Waals surface area (Å²) in [6.45, 7) is 4.24. The molecule has 1 aromatic carbocycles. The standard InChI is InChI=1S/C16H20BrF3/c1-10(2)9-16(5-3-4-6-16)15(17)14-12(19)7-11(18)8-13(14)20/h7-8,10,15H,3-6,9H2,1-2H3. The lowest BCUT2D eigenvalue weighted by molar-refractivity contribution is 0.224. The van der Waals surface area contributed by atoms with Crippen LogP contribution in [0.5, 0.6) is 0 Å². The summed E-state index contributed by atoms with van der Waals surface area (Å²) in [7, 11) is 0. The van der Waals surface area contributed by atoms with Crippen molar-refractivity contribution < 1.29 is 13.2 Å². The molecule has 0 radical (unpaired) electrons. The second-order valence-corrected chi connectivity index (χ2v) is 7.23. The molecule has 2 rings (SSSR count). The molecule has 1 aromatic rings. The van der Waals surface area contributed by atoms with E-state index < -0.39 is 22.3 Å². The van der Waals surface area contributed by atoms with Gasteiger partial charge in [0, 0.05) is 17.7 Å². The molecule has 112 valence electrons. The molecule has 0 bridgehead atoms. The van der Waals surface area contributed by atoms with Gasteiger partial charge in [0.15, 0.2) is 0 Å². The van der Waals surface area contributed by atoms with Gasteiger partial charge >= 0.3 is 0 Å². The van der Waals surface area contributed by atoms with Crippen LogP contribution in [0.2, 0.25) is 0 Å². The summed E-state index contributed by atoms with van der Waals surface area (Å²) in [5.74, 6) is -1.99. The van der Waals surface area contributed by atoms with E-state index in [9.17, 15) is 13.2 Å². The van der Waals surface area contributed by atoms with Gasteiger partial charge in [-0.05, 0) is 30.6 Å². The van der Waals surface area contributed by atoms with Gasteiger partial charge in [-0.15, -0.1) is 0 Å². The van der Waals surface area contributed by atoms with Crippen LogP contribution in [0.1, 0.15) is 56.3 Å². The van der Waals surface area contributed by atoms with Crippen LogP contribution in [-0.4, -0.2) is 0 Å². The number of hydrogen-bond donors (Lipinski definition) is 0. The van der Waals surface area contributed by atoms with Crippen LogP contribution >= 0.6 is 15.9 Å². The molecular weight excluding hydrogens is 329 g/mol. The zero-order chi connectivity index (χ0) is 14.9. The van der Waals surface area contributed by atoms with Crippen molar-refractivity contribution in [1.82, 2.24) is 0 Å². The summed E-state index contributed by atoms with van der Waals surface area (Å²) in [5, 5.41) is 0. The smallest absolute Gasteiger partial charge is 0.133 e. The molecule has 0 heterocycles. The third kappa shape index (κ3) is 3.05. The number of rotatable bonds is 4. The average Bonchev–Trinajstić information content (AvgIpc) is 2.76. The van der Waals surface area contributed by atoms with Crippen molar-refractivity contribution >= 4 is 15.9 Å². The Labute approximate surface area is 126 Å². The Bertz CT molecular complexity index is 456. The lowest BCUT2D eigenvalue weighted by Crippen LogP contribution is -2.26. The van der Waals surface area contributed by atoms with Crippen molar-refractivity contribution in [2.75, 3.05) is 0 Å². The van der Waals surface area contributed by atoms with E-state index in [1.54, 1.807) is 0 Å². The Morgan fingerprint density at radius 3 is 2.05 bits per heavy atom. The van der Waals surface area contributed by atoms with Crippen LogP contribution in [0.3, 0.4) is 0 Å². The maximum absolute atomic E-state index is 14.0. The highest BCUT2D eigenvalue weighted by Crippen LogP contribution is 2.56. The van der Waals surface area contributed by atoms with Crippen LogP contribution in [0.15, 0.2) is 12.1 Å². The number of halogens is 4. The SMILES string of the molecule is CC(C)CC1(C(Br)c2c(F)cc(F)cc2F)CCCC1. The lowest BCUT2D eigenvalue weighted by Gasteiger charge is -2.36. The minimum Gasteiger partial charge on any atom is -0.207 e. The minimum absolute atomic E-state index is 0.0195. The molecule has 1 fully saturated rings. The fourth-order valence-electron chi connectivity index (χ4n) is 3.55. The third-order valence-corrected chi connectivity index (χ3v) is 5.68. The number of alkyl halides is 1. The van der Waals surface area contributed by atoms with Gasteiger partial charge in [0.1, 0.15) is 17.5 Å². The zero-order valence-electron chi connectivity index (χ0n) is 11.9. The number of hydrogen-bond acceptors (Lipinski definition) is 0. The Kier molecular flexibility index (Phi) is 4.83. The Morgan fingerprint density at radius 1 is 1.10 bits per heavy atom. The van der Waals surface area contributed by atoms with Gasteiger partial charge in [0.25, 0.3) is 0 Å². The summed E-state index contributed by atoms with van der Waals surface area (Å²) in [5.41, 5.74) is -0.151. The fraction of sp³-hybridized carbons (Fsp3) is 0.625. The highest BCUT2D eigenvalue weighted by Gasteiger charge is 2.43. The molecule has 4 heteroatoms. The van der Waals surface area contributed by atoms with Crippen LogP contribution in [0.4, 0.5) is 13.2 Å². The summed E-state index contributed by atoms with van der Waals surface area (Å²) in [6, 6.07) is 1.54. The highest BCUT2D eigenvalue weighted by molar-refractivity contribution is 9.09. The first-order valence-corrected chi connectivity index (χ1v) is 8.06. The van der Waals surface area contributed by atoms with E-state index >= 15 is 0 Å². The molecule has 20 heavy (non-hydrogen) atoms. The highest BCUT2D eigenvalue weighted by atomic mass is 79.9. The summed E-state index contributed by atoms with van der Waals surface area (Å²) >= 11 is 3.52. The van der Waals surface area contributed by atoms with Crippen molar-refractivity contribution in [3.05, 3.63) is 35.1 Å². The fourth-order valence-corrected chi connectivity index (χ4v) is 4.64. The molecule has 1 saturated carbocycles. The average molecular weight is 349 g/mol. The zero-order valence-corrected chi connectivity index (χ0v) is 13.4. The van der Waals surface area contributed by atoms with Gasteiger partial charge < -0.3 is 0 Å². The van der Waals surface area contributed by atoms with Crippen LogP contribution in [0, 0.1) is 28.8 Å². The van der Waals surface area contributed by atoms with E-state index in [2.05, 4.69) is 29.8 Å². The van der Waals surface area contributed by atoms with Crippen molar-refractivity contribution in [3.63, 3.8) is 0 Å². The molecule has 1 aliphatic carbocycles. The molecule has 0 N–H and O–H groups in total. The van der Waals surface area contributed by atoms with Crippen molar-refractivity contribution in [3.8, 4) is 0 Å². The Hall–Kier alpha value is -0.510. The van der Waals surface area contributed by atoms with Crippen molar-refractivity contribution in [1.29, 1.82) is 0 Å². The van der Waals surface area contributed by atoms with Crippen molar-refractivity contribution in [2.45, 2.75) is 50.8 Å². The van der Waals surface area contributed by atoms with Gasteiger partial charge in [0.05, 0.1) is 4.83 Å². The van der Waals surface area contributed by atoms with E-state index in [-0.39, 0.29) is 11.0 Å². The summed E-state index contributed by atoms with van der Waals surface area (Å²) in [4.78, 5) is -0.402. The second kappa shape index (κ2) is 6.08. The van der Waals surface area contributed by atoms with E-state index in [1.807, 2.05) is 0 Å². The summed E-state index contributed by atoms with van der Waals surface area (Å²) < 4.78 is 41.1.